The molecule has 0 saturated heterocycles. The Morgan fingerprint density at radius 3 is 3.06 bits per heavy atom. The molecule has 0 spiro atoms. The van der Waals surface area contributed by atoms with Crippen LogP contribution < -0.4 is 5.32 Å². The largest absolute Gasteiger partial charge is 0.345 e. The highest BCUT2D eigenvalue weighted by Gasteiger charge is 2.06. The van der Waals surface area contributed by atoms with Gasteiger partial charge in [-0.1, -0.05) is 6.07 Å². The Labute approximate surface area is 97.4 Å². The highest BCUT2D eigenvalue weighted by molar-refractivity contribution is 7.07. The Bertz CT molecular complexity index is 482. The van der Waals surface area contributed by atoms with Gasteiger partial charge < -0.3 is 5.32 Å². The Morgan fingerprint density at radius 1 is 1.50 bits per heavy atom. The normalized spacial score (nSPS) is 10.1. The Kier molecular flexibility index (Phi) is 3.26. The Hall–Kier alpha value is -1.75. The number of pyridine rings is 1. The summed E-state index contributed by atoms with van der Waals surface area (Å²) in [4.78, 5) is 19.8. The van der Waals surface area contributed by atoms with Crippen molar-refractivity contribution < 1.29 is 4.79 Å². The van der Waals surface area contributed by atoms with Gasteiger partial charge in [-0.15, -0.1) is 11.3 Å². The van der Waals surface area contributed by atoms with Gasteiger partial charge in [-0.3, -0.25) is 9.78 Å². The molecule has 0 bridgehead atoms. The molecule has 82 valence electrons. The van der Waals surface area contributed by atoms with Crippen molar-refractivity contribution in [3.63, 3.8) is 0 Å². The molecule has 1 N–H and O–H groups in total. The summed E-state index contributed by atoms with van der Waals surface area (Å²) in [5.74, 6) is -0.162. The number of amides is 1. The third-order valence-corrected chi connectivity index (χ3v) is 2.63. The molecule has 0 unspecified atom stereocenters. The summed E-state index contributed by atoms with van der Waals surface area (Å²) >= 11 is 1.40. The lowest BCUT2D eigenvalue weighted by atomic mass is 10.3. The smallest absolute Gasteiger partial charge is 0.271 e. The molecule has 0 aliphatic heterocycles. The van der Waals surface area contributed by atoms with Crippen molar-refractivity contribution >= 4 is 17.2 Å². The van der Waals surface area contributed by atoms with E-state index in [1.165, 1.54) is 11.3 Å². The predicted octanol–water partition coefficient (Wildman–Crippen LogP) is 1.78. The van der Waals surface area contributed by atoms with Crippen LogP contribution in [0.15, 0.2) is 29.1 Å². The standard InChI is InChI=1S/C11H11N3OS/c1-8-3-2-4-9(14-8)5-12-11(15)10-6-16-7-13-10/h2-4,6-7H,5H2,1H3,(H,12,15). The third kappa shape index (κ3) is 2.64. The number of hydrogen-bond donors (Lipinski definition) is 1. The van der Waals surface area contributed by atoms with Crippen molar-refractivity contribution in [3.05, 3.63) is 46.2 Å². The van der Waals surface area contributed by atoms with Crippen LogP contribution in [0.2, 0.25) is 0 Å². The van der Waals surface area contributed by atoms with Gasteiger partial charge in [-0.25, -0.2) is 4.98 Å². The molecule has 2 heterocycles. The van der Waals surface area contributed by atoms with Gasteiger partial charge in [0.05, 0.1) is 17.7 Å². The summed E-state index contributed by atoms with van der Waals surface area (Å²) in [6, 6.07) is 5.73. The van der Waals surface area contributed by atoms with E-state index in [-0.39, 0.29) is 5.91 Å². The lowest BCUT2D eigenvalue weighted by molar-refractivity contribution is 0.0946. The first kappa shape index (κ1) is 10.8. The SMILES string of the molecule is Cc1cccc(CNC(=O)c2cscn2)n1. The molecular weight excluding hydrogens is 222 g/mol. The lowest BCUT2D eigenvalue weighted by Gasteiger charge is -2.03. The number of thiazole rings is 1. The molecular formula is C11H11N3OS. The average molecular weight is 233 g/mol. The second-order valence-corrected chi connectivity index (χ2v) is 4.05. The quantitative estimate of drug-likeness (QED) is 0.879. The highest BCUT2D eigenvalue weighted by atomic mass is 32.1. The molecule has 0 aliphatic carbocycles. The fourth-order valence-corrected chi connectivity index (χ4v) is 1.82. The van der Waals surface area contributed by atoms with E-state index in [4.69, 9.17) is 0 Å². The van der Waals surface area contributed by atoms with Crippen LogP contribution in [0, 0.1) is 6.92 Å². The minimum absolute atomic E-state index is 0.162. The van der Waals surface area contributed by atoms with Crippen molar-refractivity contribution in [2.45, 2.75) is 13.5 Å². The number of aryl methyl sites for hydroxylation is 1. The van der Waals surface area contributed by atoms with Crippen LogP contribution in [0.3, 0.4) is 0 Å². The van der Waals surface area contributed by atoms with E-state index in [2.05, 4.69) is 15.3 Å². The van der Waals surface area contributed by atoms with Gasteiger partial charge in [-0.05, 0) is 19.1 Å². The second-order valence-electron chi connectivity index (χ2n) is 3.33. The molecule has 1 amide bonds. The fourth-order valence-electron chi connectivity index (χ4n) is 1.28. The van der Waals surface area contributed by atoms with Crippen LogP contribution in [-0.2, 0) is 6.54 Å². The first-order chi connectivity index (χ1) is 7.75. The van der Waals surface area contributed by atoms with Crippen molar-refractivity contribution in [3.8, 4) is 0 Å². The second kappa shape index (κ2) is 4.85. The van der Waals surface area contributed by atoms with Gasteiger partial charge in [0, 0.05) is 11.1 Å². The molecule has 0 aliphatic rings. The molecule has 16 heavy (non-hydrogen) atoms. The number of nitrogens with zero attached hydrogens (tertiary/aromatic N) is 2. The topological polar surface area (TPSA) is 54.9 Å². The van der Waals surface area contributed by atoms with Crippen LogP contribution in [0.4, 0.5) is 0 Å². The number of rotatable bonds is 3. The number of hydrogen-bond acceptors (Lipinski definition) is 4. The zero-order valence-corrected chi connectivity index (χ0v) is 9.62. The van der Waals surface area contributed by atoms with Gasteiger partial charge in [0.1, 0.15) is 5.69 Å². The molecule has 4 nitrogen and oxygen atoms in total. The maximum absolute atomic E-state index is 11.6. The summed E-state index contributed by atoms with van der Waals surface area (Å²) in [7, 11) is 0. The average Bonchev–Trinajstić information content (AvgIpc) is 2.79. The molecule has 2 aromatic rings. The Morgan fingerprint density at radius 2 is 2.38 bits per heavy atom. The van der Waals surface area contributed by atoms with Gasteiger partial charge >= 0.3 is 0 Å². The number of nitrogens with one attached hydrogen (secondary N) is 1. The maximum Gasteiger partial charge on any atom is 0.271 e. The first-order valence-electron chi connectivity index (χ1n) is 4.84. The van der Waals surface area contributed by atoms with E-state index in [0.717, 1.165) is 11.4 Å². The van der Waals surface area contributed by atoms with Gasteiger partial charge in [0.15, 0.2) is 0 Å². The number of aromatic nitrogens is 2. The molecule has 0 aromatic carbocycles. The van der Waals surface area contributed by atoms with Gasteiger partial charge in [0.25, 0.3) is 5.91 Å². The van der Waals surface area contributed by atoms with Crippen LogP contribution >= 0.6 is 11.3 Å². The minimum atomic E-state index is -0.162. The Balaban J connectivity index is 1.95. The van der Waals surface area contributed by atoms with Crippen LogP contribution in [-0.4, -0.2) is 15.9 Å². The van der Waals surface area contributed by atoms with E-state index in [9.17, 15) is 4.79 Å². The lowest BCUT2D eigenvalue weighted by Crippen LogP contribution is -2.23. The summed E-state index contributed by atoms with van der Waals surface area (Å²) in [6.07, 6.45) is 0. The molecule has 0 radical (unpaired) electrons. The summed E-state index contributed by atoms with van der Waals surface area (Å²) in [6.45, 7) is 2.35. The first-order valence-corrected chi connectivity index (χ1v) is 5.79. The van der Waals surface area contributed by atoms with E-state index in [1.807, 2.05) is 25.1 Å². The van der Waals surface area contributed by atoms with Crippen LogP contribution in [0.5, 0.6) is 0 Å². The molecule has 0 fully saturated rings. The number of carbonyl (C=O) groups is 1. The van der Waals surface area contributed by atoms with E-state index >= 15 is 0 Å². The van der Waals surface area contributed by atoms with Crippen molar-refractivity contribution in [1.29, 1.82) is 0 Å². The molecule has 2 aromatic heterocycles. The van der Waals surface area contributed by atoms with E-state index in [0.29, 0.717) is 12.2 Å². The molecule has 0 saturated carbocycles. The minimum Gasteiger partial charge on any atom is -0.345 e. The predicted molar refractivity (Wildman–Crippen MR) is 62.3 cm³/mol. The highest BCUT2D eigenvalue weighted by Crippen LogP contribution is 2.02. The zero-order valence-electron chi connectivity index (χ0n) is 8.80. The van der Waals surface area contributed by atoms with E-state index < -0.39 is 0 Å². The third-order valence-electron chi connectivity index (χ3n) is 2.04. The summed E-state index contributed by atoms with van der Waals surface area (Å²) < 4.78 is 0. The van der Waals surface area contributed by atoms with Crippen molar-refractivity contribution in [1.82, 2.24) is 15.3 Å². The zero-order chi connectivity index (χ0) is 11.4. The van der Waals surface area contributed by atoms with Gasteiger partial charge in [-0.2, -0.15) is 0 Å². The van der Waals surface area contributed by atoms with E-state index in [1.54, 1.807) is 10.9 Å². The van der Waals surface area contributed by atoms with Crippen molar-refractivity contribution in [2.75, 3.05) is 0 Å². The fraction of sp³-hybridized carbons (Fsp3) is 0.182. The molecule has 2 rings (SSSR count). The van der Waals surface area contributed by atoms with Crippen molar-refractivity contribution in [2.24, 2.45) is 0 Å². The monoisotopic (exact) mass is 233 g/mol. The summed E-state index contributed by atoms with van der Waals surface area (Å²) in [5.41, 5.74) is 3.89. The number of carbonyl (C=O) groups excluding carboxylic acids is 1. The molecule has 0 atom stereocenters. The molecule has 5 heteroatoms. The maximum atomic E-state index is 11.6. The van der Waals surface area contributed by atoms with Crippen LogP contribution in [0.1, 0.15) is 21.9 Å². The van der Waals surface area contributed by atoms with Gasteiger partial charge in [0.2, 0.25) is 0 Å². The van der Waals surface area contributed by atoms with Crippen LogP contribution in [0.25, 0.3) is 0 Å². The summed E-state index contributed by atoms with van der Waals surface area (Å²) in [5, 5.41) is 4.49.